The minimum absolute atomic E-state index is 0.0167. The number of carboxylic acids is 1. The molecule has 1 atom stereocenters. The van der Waals surface area contributed by atoms with E-state index in [1.807, 2.05) is 24.3 Å². The van der Waals surface area contributed by atoms with Crippen molar-refractivity contribution in [2.75, 3.05) is 18.5 Å². The van der Waals surface area contributed by atoms with Gasteiger partial charge in [0.05, 0.1) is 11.6 Å². The summed E-state index contributed by atoms with van der Waals surface area (Å²) in [6, 6.07) is 7.81. The SMILES string of the molecule is O=C(O)CCCCCCNC(=O)c1cnc(NC2COc3ccccc32)nc1. The Hall–Kier alpha value is -3.16. The van der Waals surface area contributed by atoms with E-state index in [4.69, 9.17) is 9.84 Å². The zero-order valence-electron chi connectivity index (χ0n) is 15.6. The molecule has 1 unspecified atom stereocenters. The van der Waals surface area contributed by atoms with Crippen LogP contribution in [-0.4, -0.2) is 40.1 Å². The Labute approximate surface area is 163 Å². The maximum Gasteiger partial charge on any atom is 0.303 e. The van der Waals surface area contributed by atoms with Crippen molar-refractivity contribution >= 4 is 17.8 Å². The van der Waals surface area contributed by atoms with Crippen LogP contribution in [0.3, 0.4) is 0 Å². The first kappa shape index (κ1) is 19.6. The van der Waals surface area contributed by atoms with E-state index < -0.39 is 5.97 Å². The number of anilines is 1. The molecule has 1 aliphatic rings. The summed E-state index contributed by atoms with van der Waals surface area (Å²) in [6.45, 7) is 1.06. The van der Waals surface area contributed by atoms with Crippen LogP contribution in [0, 0.1) is 0 Å². The van der Waals surface area contributed by atoms with Crippen LogP contribution in [-0.2, 0) is 4.79 Å². The summed E-state index contributed by atoms with van der Waals surface area (Å²) in [5.41, 5.74) is 1.47. The number of ether oxygens (including phenoxy) is 1. The number of unbranched alkanes of at least 4 members (excludes halogenated alkanes) is 3. The number of rotatable bonds is 10. The number of carboxylic acid groups (broad SMARTS) is 1. The number of aromatic nitrogens is 2. The lowest BCUT2D eigenvalue weighted by Gasteiger charge is -2.11. The van der Waals surface area contributed by atoms with Gasteiger partial charge < -0.3 is 20.5 Å². The van der Waals surface area contributed by atoms with Crippen molar-refractivity contribution in [1.82, 2.24) is 15.3 Å². The van der Waals surface area contributed by atoms with E-state index in [2.05, 4.69) is 20.6 Å². The van der Waals surface area contributed by atoms with Gasteiger partial charge in [0.1, 0.15) is 12.4 Å². The summed E-state index contributed by atoms with van der Waals surface area (Å²) < 4.78 is 5.63. The highest BCUT2D eigenvalue weighted by Gasteiger charge is 2.24. The van der Waals surface area contributed by atoms with Crippen molar-refractivity contribution in [3.05, 3.63) is 47.8 Å². The number of nitrogens with zero attached hydrogens (tertiary/aromatic N) is 2. The van der Waals surface area contributed by atoms with Crippen LogP contribution in [0.25, 0.3) is 0 Å². The predicted molar refractivity (Wildman–Crippen MR) is 103 cm³/mol. The minimum Gasteiger partial charge on any atom is -0.491 e. The van der Waals surface area contributed by atoms with Crippen LogP contribution in [0.5, 0.6) is 5.75 Å². The molecule has 3 rings (SSSR count). The molecular formula is C20H24N4O4. The fourth-order valence-electron chi connectivity index (χ4n) is 3.02. The highest BCUT2D eigenvalue weighted by Crippen LogP contribution is 2.33. The molecule has 0 saturated carbocycles. The number of para-hydroxylation sites is 1. The largest absolute Gasteiger partial charge is 0.491 e. The molecule has 0 saturated heterocycles. The summed E-state index contributed by atoms with van der Waals surface area (Å²) >= 11 is 0. The Morgan fingerprint density at radius 2 is 1.86 bits per heavy atom. The Balaban J connectivity index is 1.40. The number of hydrogen-bond donors (Lipinski definition) is 3. The van der Waals surface area contributed by atoms with Crippen molar-refractivity contribution in [3.63, 3.8) is 0 Å². The highest BCUT2D eigenvalue weighted by molar-refractivity contribution is 5.93. The van der Waals surface area contributed by atoms with E-state index in [0.717, 1.165) is 30.6 Å². The van der Waals surface area contributed by atoms with Crippen molar-refractivity contribution in [3.8, 4) is 5.75 Å². The molecule has 1 aromatic carbocycles. The second-order valence-electron chi connectivity index (χ2n) is 6.65. The number of nitrogens with one attached hydrogen (secondary N) is 2. The van der Waals surface area contributed by atoms with Gasteiger partial charge >= 0.3 is 5.97 Å². The summed E-state index contributed by atoms with van der Waals surface area (Å²) in [6.07, 6.45) is 6.41. The topological polar surface area (TPSA) is 113 Å². The molecule has 0 bridgehead atoms. The highest BCUT2D eigenvalue weighted by atomic mass is 16.5. The van der Waals surface area contributed by atoms with Gasteiger partial charge in [0.15, 0.2) is 0 Å². The minimum atomic E-state index is -0.768. The first-order chi connectivity index (χ1) is 13.6. The molecule has 8 heteroatoms. The molecule has 1 amide bonds. The maximum absolute atomic E-state index is 12.1. The Morgan fingerprint density at radius 3 is 2.64 bits per heavy atom. The van der Waals surface area contributed by atoms with Gasteiger partial charge in [-0.15, -0.1) is 0 Å². The monoisotopic (exact) mass is 384 g/mol. The second kappa shape index (κ2) is 9.68. The summed E-state index contributed by atoms with van der Waals surface area (Å²) in [5, 5.41) is 14.6. The van der Waals surface area contributed by atoms with Gasteiger partial charge in [-0.2, -0.15) is 0 Å². The molecule has 148 valence electrons. The molecule has 2 aromatic rings. The van der Waals surface area contributed by atoms with Crippen LogP contribution in [0.4, 0.5) is 5.95 Å². The molecule has 0 fully saturated rings. The predicted octanol–water partition coefficient (Wildman–Crippen LogP) is 2.79. The zero-order valence-corrected chi connectivity index (χ0v) is 15.6. The van der Waals surface area contributed by atoms with Crippen molar-refractivity contribution in [2.24, 2.45) is 0 Å². The number of fused-ring (bicyclic) bond motifs is 1. The molecule has 1 aromatic heterocycles. The van der Waals surface area contributed by atoms with E-state index in [1.54, 1.807) is 0 Å². The molecule has 0 aliphatic carbocycles. The summed E-state index contributed by atoms with van der Waals surface area (Å²) in [4.78, 5) is 31.0. The van der Waals surface area contributed by atoms with Gasteiger partial charge in [0, 0.05) is 30.9 Å². The van der Waals surface area contributed by atoms with Crippen molar-refractivity contribution in [2.45, 2.75) is 38.1 Å². The Kier molecular flexibility index (Phi) is 6.78. The van der Waals surface area contributed by atoms with Gasteiger partial charge in [0.2, 0.25) is 5.95 Å². The van der Waals surface area contributed by atoms with Crippen LogP contribution < -0.4 is 15.4 Å². The molecular weight excluding hydrogens is 360 g/mol. The van der Waals surface area contributed by atoms with Crippen LogP contribution in [0.1, 0.15) is 54.1 Å². The third kappa shape index (κ3) is 5.42. The second-order valence-corrected chi connectivity index (χ2v) is 6.65. The number of carbonyl (C=O) groups is 2. The first-order valence-corrected chi connectivity index (χ1v) is 9.44. The average molecular weight is 384 g/mol. The number of aliphatic carboxylic acids is 1. The van der Waals surface area contributed by atoms with Crippen LogP contribution >= 0.6 is 0 Å². The van der Waals surface area contributed by atoms with Gasteiger partial charge in [-0.05, 0) is 18.9 Å². The number of hydrogen-bond acceptors (Lipinski definition) is 6. The number of carbonyl (C=O) groups excluding carboxylic acids is 1. The van der Waals surface area contributed by atoms with Crippen molar-refractivity contribution in [1.29, 1.82) is 0 Å². The fourth-order valence-corrected chi connectivity index (χ4v) is 3.02. The van der Waals surface area contributed by atoms with Gasteiger partial charge in [-0.25, -0.2) is 9.97 Å². The molecule has 3 N–H and O–H groups in total. The van der Waals surface area contributed by atoms with E-state index in [9.17, 15) is 9.59 Å². The van der Waals surface area contributed by atoms with E-state index in [1.165, 1.54) is 12.4 Å². The van der Waals surface area contributed by atoms with Crippen LogP contribution in [0.2, 0.25) is 0 Å². The quantitative estimate of drug-likeness (QED) is 0.540. The molecule has 1 aliphatic heterocycles. The lowest BCUT2D eigenvalue weighted by Crippen LogP contribution is -2.25. The Morgan fingerprint density at radius 1 is 1.11 bits per heavy atom. The molecule has 8 nitrogen and oxygen atoms in total. The van der Waals surface area contributed by atoms with Crippen LogP contribution in [0.15, 0.2) is 36.7 Å². The maximum atomic E-state index is 12.1. The molecule has 0 radical (unpaired) electrons. The molecule has 28 heavy (non-hydrogen) atoms. The standard InChI is InChI=1S/C20H24N4O4/c25-18(26)9-3-1-2-6-10-21-19(27)14-11-22-20(23-12-14)24-16-13-28-17-8-5-4-7-15(16)17/h4-5,7-8,11-12,16H,1-3,6,9-10,13H2,(H,21,27)(H,25,26)(H,22,23,24). The smallest absolute Gasteiger partial charge is 0.303 e. The normalized spacial score (nSPS) is 14.8. The first-order valence-electron chi connectivity index (χ1n) is 9.44. The molecule has 2 heterocycles. The fraction of sp³-hybridized carbons (Fsp3) is 0.400. The van der Waals surface area contributed by atoms with E-state index >= 15 is 0 Å². The van der Waals surface area contributed by atoms with Gasteiger partial charge in [-0.3, -0.25) is 9.59 Å². The Bertz CT molecular complexity index is 810. The summed E-state index contributed by atoms with van der Waals surface area (Å²) in [5.74, 6) is 0.321. The van der Waals surface area contributed by atoms with Crippen molar-refractivity contribution < 1.29 is 19.4 Å². The number of amides is 1. The third-order valence-corrected chi connectivity index (χ3v) is 4.52. The van der Waals surface area contributed by atoms with E-state index in [0.29, 0.717) is 31.1 Å². The zero-order chi connectivity index (χ0) is 19.8. The average Bonchev–Trinajstić information content (AvgIpc) is 3.10. The molecule has 0 spiro atoms. The van der Waals surface area contributed by atoms with Gasteiger partial charge in [0.25, 0.3) is 5.91 Å². The summed E-state index contributed by atoms with van der Waals surface area (Å²) in [7, 11) is 0. The number of benzene rings is 1. The lowest BCUT2D eigenvalue weighted by molar-refractivity contribution is -0.137. The van der Waals surface area contributed by atoms with Gasteiger partial charge in [-0.1, -0.05) is 31.0 Å². The van der Waals surface area contributed by atoms with E-state index in [-0.39, 0.29) is 18.4 Å². The third-order valence-electron chi connectivity index (χ3n) is 4.52. The lowest BCUT2D eigenvalue weighted by atomic mass is 10.1.